The monoisotopic (exact) mass is 513 g/mol. The van der Waals surface area contributed by atoms with Gasteiger partial charge in [0, 0.05) is 22.9 Å². The van der Waals surface area contributed by atoms with E-state index in [-0.39, 0.29) is 34.9 Å². The van der Waals surface area contributed by atoms with Gasteiger partial charge in [-0.2, -0.15) is 5.26 Å². The third kappa shape index (κ3) is 5.76. The third-order valence-corrected chi connectivity index (χ3v) is 7.44. The number of hydrogen-bond donors (Lipinski definition) is 4. The van der Waals surface area contributed by atoms with Gasteiger partial charge in [-0.3, -0.25) is 14.4 Å². The molecule has 4 N–H and O–H groups in total. The molecule has 3 atom stereocenters. The van der Waals surface area contributed by atoms with Crippen molar-refractivity contribution in [1.29, 1.82) is 5.26 Å². The van der Waals surface area contributed by atoms with E-state index in [0.29, 0.717) is 34.5 Å². The highest BCUT2D eigenvalue weighted by Crippen LogP contribution is 2.49. The van der Waals surface area contributed by atoms with E-state index in [1.165, 1.54) is 7.11 Å². The number of fused-ring (bicyclic) bond motifs is 1. The summed E-state index contributed by atoms with van der Waals surface area (Å²) in [5.74, 6) is -0.780. The number of carbonyl (C=O) groups excluding carboxylic acids is 3. The maximum Gasteiger partial charge on any atom is 0.268 e. The number of nitriles is 1. The second kappa shape index (κ2) is 9.66. The summed E-state index contributed by atoms with van der Waals surface area (Å²) in [5.41, 5.74) is 0.486. The van der Waals surface area contributed by atoms with Crippen LogP contribution in [0, 0.1) is 22.7 Å². The lowest BCUT2D eigenvalue weighted by Crippen LogP contribution is -2.50. The highest BCUT2D eigenvalue weighted by Gasteiger charge is 2.43. The molecule has 10 heteroatoms. The number of aromatic amines is 1. The number of nitrogens with one attached hydrogen (secondary N) is 4. The normalized spacial score (nSPS) is 21.2. The van der Waals surface area contributed by atoms with E-state index in [1.54, 1.807) is 18.2 Å². The summed E-state index contributed by atoms with van der Waals surface area (Å²) < 4.78 is 5.24. The first kappa shape index (κ1) is 25.8. The molecule has 36 heavy (non-hydrogen) atoms. The molecule has 2 aliphatic rings. The van der Waals surface area contributed by atoms with E-state index in [1.807, 2.05) is 13.8 Å². The molecule has 0 bridgehead atoms. The summed E-state index contributed by atoms with van der Waals surface area (Å²) in [4.78, 5) is 41.7. The molecular formula is C26H32ClN5O4. The molecule has 1 saturated carbocycles. The Labute approximate surface area is 215 Å². The van der Waals surface area contributed by atoms with E-state index in [2.05, 4.69) is 33.9 Å². The van der Waals surface area contributed by atoms with E-state index in [9.17, 15) is 19.6 Å². The zero-order chi connectivity index (χ0) is 26.3. The number of hydrogen-bond acceptors (Lipinski definition) is 5. The Morgan fingerprint density at radius 2 is 1.97 bits per heavy atom. The van der Waals surface area contributed by atoms with Crippen LogP contribution < -0.4 is 20.7 Å². The standard InChI is InChI=1S/C26H32ClN5O4/c1-25(2)11-15(22(33)32-25)7-16(13-28)29-24(35)20(12-26(3)5-6-26)31-23(34)19-9-14-8-17(36-4)10-18(27)21(14)30-19/h8-10,15-16,20,30H,5-7,11-12H2,1-4H3,(H,29,35)(H,31,34)(H,32,33). The first-order chi connectivity index (χ1) is 16.9. The molecule has 2 heterocycles. The Balaban J connectivity index is 1.47. The van der Waals surface area contributed by atoms with Crippen molar-refractivity contribution in [3.63, 3.8) is 0 Å². The van der Waals surface area contributed by atoms with Crippen molar-refractivity contribution < 1.29 is 19.1 Å². The van der Waals surface area contributed by atoms with Crippen LogP contribution in [0.25, 0.3) is 10.9 Å². The van der Waals surface area contributed by atoms with Crippen LogP contribution in [0.2, 0.25) is 5.02 Å². The Morgan fingerprint density at radius 3 is 2.56 bits per heavy atom. The molecule has 1 saturated heterocycles. The van der Waals surface area contributed by atoms with Gasteiger partial charge in [0.2, 0.25) is 11.8 Å². The van der Waals surface area contributed by atoms with Crippen molar-refractivity contribution in [3.05, 3.63) is 28.9 Å². The van der Waals surface area contributed by atoms with Crippen molar-refractivity contribution in [2.24, 2.45) is 11.3 Å². The molecule has 1 aromatic carbocycles. The summed E-state index contributed by atoms with van der Waals surface area (Å²) in [6, 6.07) is 5.51. The molecule has 3 unspecified atom stereocenters. The number of carbonyl (C=O) groups is 3. The summed E-state index contributed by atoms with van der Waals surface area (Å²) in [5, 5.41) is 19.3. The third-order valence-electron chi connectivity index (χ3n) is 7.14. The minimum Gasteiger partial charge on any atom is -0.497 e. The fourth-order valence-electron chi connectivity index (χ4n) is 4.86. The van der Waals surface area contributed by atoms with Crippen LogP contribution in [0.15, 0.2) is 18.2 Å². The number of ether oxygens (including phenoxy) is 1. The van der Waals surface area contributed by atoms with Gasteiger partial charge in [-0.15, -0.1) is 0 Å². The highest BCUT2D eigenvalue weighted by molar-refractivity contribution is 6.35. The van der Waals surface area contributed by atoms with E-state index in [0.717, 1.165) is 12.8 Å². The predicted molar refractivity (Wildman–Crippen MR) is 136 cm³/mol. The first-order valence-electron chi connectivity index (χ1n) is 12.1. The molecular weight excluding hydrogens is 482 g/mol. The van der Waals surface area contributed by atoms with Gasteiger partial charge in [0.15, 0.2) is 0 Å². The number of amides is 3. The Bertz CT molecular complexity index is 1240. The molecule has 2 aromatic rings. The lowest BCUT2D eigenvalue weighted by Gasteiger charge is -2.23. The van der Waals surface area contributed by atoms with Gasteiger partial charge in [-0.25, -0.2) is 0 Å². The van der Waals surface area contributed by atoms with Crippen LogP contribution in [0.5, 0.6) is 5.75 Å². The average Bonchev–Trinajstić information content (AvgIpc) is 3.25. The van der Waals surface area contributed by atoms with Crippen molar-refractivity contribution in [2.75, 3.05) is 7.11 Å². The van der Waals surface area contributed by atoms with E-state index in [4.69, 9.17) is 16.3 Å². The van der Waals surface area contributed by atoms with Crippen LogP contribution in [0.4, 0.5) is 0 Å². The predicted octanol–water partition coefficient (Wildman–Crippen LogP) is 3.43. The smallest absolute Gasteiger partial charge is 0.268 e. The summed E-state index contributed by atoms with van der Waals surface area (Å²) in [6.45, 7) is 5.93. The van der Waals surface area contributed by atoms with Crippen LogP contribution >= 0.6 is 11.6 Å². The maximum absolute atomic E-state index is 13.3. The largest absolute Gasteiger partial charge is 0.497 e. The highest BCUT2D eigenvalue weighted by atomic mass is 35.5. The second-order valence-electron chi connectivity index (χ2n) is 11.0. The second-order valence-corrected chi connectivity index (χ2v) is 11.4. The zero-order valence-electron chi connectivity index (χ0n) is 21.0. The molecule has 4 rings (SSSR count). The van der Waals surface area contributed by atoms with E-state index >= 15 is 0 Å². The number of H-pyrrole nitrogens is 1. The lowest BCUT2D eigenvalue weighted by molar-refractivity contribution is -0.125. The van der Waals surface area contributed by atoms with Crippen LogP contribution in [-0.2, 0) is 9.59 Å². The number of benzene rings is 1. The van der Waals surface area contributed by atoms with Gasteiger partial charge in [0.05, 0.1) is 23.7 Å². The first-order valence-corrected chi connectivity index (χ1v) is 12.5. The number of rotatable bonds is 9. The van der Waals surface area contributed by atoms with Crippen LogP contribution in [-0.4, -0.2) is 47.4 Å². The molecule has 2 fully saturated rings. The molecule has 0 radical (unpaired) electrons. The molecule has 1 aliphatic carbocycles. The lowest BCUT2D eigenvalue weighted by atomic mass is 9.91. The van der Waals surface area contributed by atoms with Gasteiger partial charge >= 0.3 is 0 Å². The van der Waals surface area contributed by atoms with Crippen molar-refractivity contribution in [1.82, 2.24) is 20.9 Å². The van der Waals surface area contributed by atoms with E-state index < -0.39 is 23.9 Å². The molecule has 0 spiro atoms. The molecule has 192 valence electrons. The van der Waals surface area contributed by atoms with Gasteiger partial charge in [-0.05, 0) is 63.5 Å². The number of aromatic nitrogens is 1. The Kier molecular flexibility index (Phi) is 6.93. The molecule has 1 aromatic heterocycles. The van der Waals surface area contributed by atoms with Crippen molar-refractivity contribution in [3.8, 4) is 11.8 Å². The average molecular weight is 514 g/mol. The van der Waals surface area contributed by atoms with Crippen molar-refractivity contribution >= 4 is 40.2 Å². The zero-order valence-corrected chi connectivity index (χ0v) is 21.7. The summed E-state index contributed by atoms with van der Waals surface area (Å²) in [7, 11) is 1.54. The minimum atomic E-state index is -0.840. The van der Waals surface area contributed by atoms with Crippen LogP contribution in [0.1, 0.15) is 63.4 Å². The fraction of sp³-hybridized carbons (Fsp3) is 0.538. The SMILES string of the molecule is COc1cc(Cl)c2[nH]c(C(=O)NC(CC3(C)CC3)C(=O)NC(C#N)CC3CC(C)(C)NC3=O)cc2c1. The quantitative estimate of drug-likeness (QED) is 0.407. The molecule has 3 amide bonds. The number of halogens is 1. The number of methoxy groups -OCH3 is 1. The maximum atomic E-state index is 13.3. The molecule has 1 aliphatic heterocycles. The summed E-state index contributed by atoms with van der Waals surface area (Å²) in [6.07, 6.45) is 3.19. The fourth-order valence-corrected chi connectivity index (χ4v) is 5.12. The van der Waals surface area contributed by atoms with Gasteiger partial charge < -0.3 is 25.7 Å². The topological polar surface area (TPSA) is 136 Å². The van der Waals surface area contributed by atoms with Gasteiger partial charge in [0.25, 0.3) is 5.91 Å². The Hall–Kier alpha value is -3.25. The number of nitrogens with zero attached hydrogens (tertiary/aromatic N) is 1. The van der Waals surface area contributed by atoms with Crippen LogP contribution in [0.3, 0.4) is 0 Å². The van der Waals surface area contributed by atoms with Gasteiger partial charge in [-0.1, -0.05) is 18.5 Å². The Morgan fingerprint density at radius 1 is 1.25 bits per heavy atom. The molecule has 9 nitrogen and oxygen atoms in total. The minimum absolute atomic E-state index is 0.0378. The van der Waals surface area contributed by atoms with Crippen molar-refractivity contribution in [2.45, 2.75) is 70.5 Å². The summed E-state index contributed by atoms with van der Waals surface area (Å²) >= 11 is 6.32. The van der Waals surface area contributed by atoms with Gasteiger partial charge in [0.1, 0.15) is 23.5 Å².